The number of hydrogen-bond acceptors (Lipinski definition) is 3. The second-order valence-electron chi connectivity index (χ2n) is 5.92. The maximum atomic E-state index is 12.4. The molecule has 1 aromatic carbocycles. The number of carboxylic acids is 1. The zero-order chi connectivity index (χ0) is 16.3. The molecule has 2 atom stereocenters. The summed E-state index contributed by atoms with van der Waals surface area (Å²) in [6.07, 6.45) is 0.374. The third-order valence-electron chi connectivity index (χ3n) is 3.64. The van der Waals surface area contributed by atoms with Crippen LogP contribution < -0.4 is 10.6 Å². The van der Waals surface area contributed by atoms with Crippen LogP contribution in [0.4, 0.5) is 5.69 Å². The molecule has 118 valence electrons. The first-order valence-electron chi connectivity index (χ1n) is 7.30. The summed E-state index contributed by atoms with van der Waals surface area (Å²) >= 11 is 0. The van der Waals surface area contributed by atoms with Gasteiger partial charge in [-0.05, 0) is 24.0 Å². The van der Waals surface area contributed by atoms with Crippen LogP contribution in [-0.4, -0.2) is 28.9 Å². The fourth-order valence-corrected chi connectivity index (χ4v) is 2.61. The molecule has 22 heavy (non-hydrogen) atoms. The number of hydrogen-bond donors (Lipinski definition) is 3. The van der Waals surface area contributed by atoms with Gasteiger partial charge in [0.2, 0.25) is 11.8 Å². The predicted molar refractivity (Wildman–Crippen MR) is 81.5 cm³/mol. The van der Waals surface area contributed by atoms with E-state index in [4.69, 9.17) is 0 Å². The topological polar surface area (TPSA) is 95.5 Å². The Bertz CT molecular complexity index is 598. The molecule has 0 aliphatic carbocycles. The highest BCUT2D eigenvalue weighted by molar-refractivity contribution is 6.01. The summed E-state index contributed by atoms with van der Waals surface area (Å²) in [4.78, 5) is 35.4. The molecule has 1 unspecified atom stereocenters. The van der Waals surface area contributed by atoms with Gasteiger partial charge in [-0.25, -0.2) is 4.79 Å². The van der Waals surface area contributed by atoms with Crippen molar-refractivity contribution in [2.24, 2.45) is 5.92 Å². The minimum atomic E-state index is -1.06. The van der Waals surface area contributed by atoms with E-state index in [9.17, 15) is 19.5 Å². The number of para-hydroxylation sites is 1. The molecular formula is C16H20N2O4. The quantitative estimate of drug-likeness (QED) is 0.772. The third-order valence-corrected chi connectivity index (χ3v) is 3.64. The van der Waals surface area contributed by atoms with E-state index in [1.165, 1.54) is 0 Å². The second kappa shape index (κ2) is 6.60. The molecule has 0 spiro atoms. The third kappa shape index (κ3) is 3.63. The van der Waals surface area contributed by atoms with E-state index in [0.717, 1.165) is 0 Å². The van der Waals surface area contributed by atoms with E-state index in [1.54, 1.807) is 24.3 Å². The van der Waals surface area contributed by atoms with Gasteiger partial charge in [0.15, 0.2) is 0 Å². The van der Waals surface area contributed by atoms with Crippen molar-refractivity contribution in [1.82, 2.24) is 5.32 Å². The highest BCUT2D eigenvalue weighted by atomic mass is 16.4. The van der Waals surface area contributed by atoms with Gasteiger partial charge in [-0.2, -0.15) is 0 Å². The molecule has 1 aliphatic rings. The molecular weight excluding hydrogens is 284 g/mol. The van der Waals surface area contributed by atoms with Crippen LogP contribution in [0.25, 0.3) is 0 Å². The summed E-state index contributed by atoms with van der Waals surface area (Å²) in [5, 5.41) is 14.5. The van der Waals surface area contributed by atoms with Gasteiger partial charge in [0, 0.05) is 12.1 Å². The highest BCUT2D eigenvalue weighted by Gasteiger charge is 2.32. The average molecular weight is 304 g/mol. The van der Waals surface area contributed by atoms with Crippen LogP contribution in [0, 0.1) is 5.92 Å². The Balaban J connectivity index is 2.18. The Hall–Kier alpha value is -2.37. The van der Waals surface area contributed by atoms with Crippen molar-refractivity contribution in [2.45, 2.75) is 38.6 Å². The van der Waals surface area contributed by atoms with Crippen LogP contribution in [0.3, 0.4) is 0 Å². The lowest BCUT2D eigenvalue weighted by atomic mass is 9.89. The van der Waals surface area contributed by atoms with Crippen molar-refractivity contribution in [1.29, 1.82) is 0 Å². The first-order valence-corrected chi connectivity index (χ1v) is 7.30. The van der Waals surface area contributed by atoms with E-state index < -0.39 is 23.8 Å². The number of nitrogens with one attached hydrogen (secondary N) is 2. The van der Waals surface area contributed by atoms with Crippen LogP contribution >= 0.6 is 0 Å². The summed E-state index contributed by atoms with van der Waals surface area (Å²) < 4.78 is 0. The summed E-state index contributed by atoms with van der Waals surface area (Å²) in [6, 6.07) is 6.13. The smallest absolute Gasteiger partial charge is 0.326 e. The molecule has 6 heteroatoms. The standard InChI is InChI=1S/C16H20N2O4/c1-9(2)7-13(16(21)22)18-15(20)11-8-14(19)17-12-6-4-3-5-10(11)12/h3-6,9,11,13H,7-8H2,1-2H3,(H,17,19)(H,18,20)(H,21,22)/t11?,13-/m0/s1. The van der Waals surface area contributed by atoms with Gasteiger partial charge < -0.3 is 15.7 Å². The van der Waals surface area contributed by atoms with E-state index >= 15 is 0 Å². The Morgan fingerprint density at radius 3 is 2.68 bits per heavy atom. The number of aliphatic carboxylic acids is 1. The maximum Gasteiger partial charge on any atom is 0.326 e. The van der Waals surface area contributed by atoms with Crippen LogP contribution in [0.5, 0.6) is 0 Å². The number of anilines is 1. The normalized spacial score (nSPS) is 18.3. The van der Waals surface area contributed by atoms with Crippen molar-refractivity contribution >= 4 is 23.5 Å². The molecule has 3 N–H and O–H groups in total. The molecule has 0 saturated carbocycles. The van der Waals surface area contributed by atoms with E-state index in [2.05, 4.69) is 10.6 Å². The second-order valence-corrected chi connectivity index (χ2v) is 5.92. The largest absolute Gasteiger partial charge is 0.480 e. The molecule has 0 bridgehead atoms. The number of carboxylic acid groups (broad SMARTS) is 1. The fourth-order valence-electron chi connectivity index (χ4n) is 2.61. The van der Waals surface area contributed by atoms with Gasteiger partial charge in [0.1, 0.15) is 6.04 Å². The molecule has 0 saturated heterocycles. The number of carbonyl (C=O) groups is 3. The lowest BCUT2D eigenvalue weighted by molar-refractivity contribution is -0.142. The minimum absolute atomic E-state index is 0.0247. The molecule has 0 fully saturated rings. The summed E-state index contributed by atoms with van der Waals surface area (Å²) in [5.74, 6) is -2.23. The van der Waals surface area contributed by atoms with Crippen LogP contribution in [0.15, 0.2) is 24.3 Å². The Morgan fingerprint density at radius 1 is 1.36 bits per heavy atom. The Morgan fingerprint density at radius 2 is 2.05 bits per heavy atom. The maximum absolute atomic E-state index is 12.4. The monoisotopic (exact) mass is 304 g/mol. The SMILES string of the molecule is CC(C)C[C@H](NC(=O)C1CC(=O)Nc2ccccc21)C(=O)O. The molecule has 0 aromatic heterocycles. The summed E-state index contributed by atoms with van der Waals surface area (Å²) in [5.41, 5.74) is 1.32. The number of fused-ring (bicyclic) bond motifs is 1. The van der Waals surface area contributed by atoms with Gasteiger partial charge in [0.25, 0.3) is 0 Å². The summed E-state index contributed by atoms with van der Waals surface area (Å²) in [7, 11) is 0. The fraction of sp³-hybridized carbons (Fsp3) is 0.438. The Labute approximate surface area is 128 Å². The van der Waals surface area contributed by atoms with Crippen molar-refractivity contribution < 1.29 is 19.5 Å². The van der Waals surface area contributed by atoms with E-state index in [1.807, 2.05) is 13.8 Å². The lowest BCUT2D eigenvalue weighted by Crippen LogP contribution is -2.45. The summed E-state index contributed by atoms with van der Waals surface area (Å²) in [6.45, 7) is 3.79. The number of carbonyl (C=O) groups excluding carboxylic acids is 2. The van der Waals surface area contributed by atoms with Crippen molar-refractivity contribution in [2.75, 3.05) is 5.32 Å². The molecule has 1 aliphatic heterocycles. The molecule has 2 rings (SSSR count). The zero-order valence-electron chi connectivity index (χ0n) is 12.6. The number of benzene rings is 1. The van der Waals surface area contributed by atoms with E-state index in [-0.39, 0.29) is 18.2 Å². The molecule has 2 amide bonds. The van der Waals surface area contributed by atoms with Gasteiger partial charge in [-0.3, -0.25) is 9.59 Å². The zero-order valence-corrected chi connectivity index (χ0v) is 12.6. The molecule has 6 nitrogen and oxygen atoms in total. The minimum Gasteiger partial charge on any atom is -0.480 e. The van der Waals surface area contributed by atoms with Gasteiger partial charge in [-0.1, -0.05) is 32.0 Å². The van der Waals surface area contributed by atoms with Crippen molar-refractivity contribution in [3.8, 4) is 0 Å². The lowest BCUT2D eigenvalue weighted by Gasteiger charge is -2.26. The predicted octanol–water partition coefficient (Wildman–Crippen LogP) is 1.73. The number of amides is 2. The molecule has 1 heterocycles. The van der Waals surface area contributed by atoms with Crippen molar-refractivity contribution in [3.63, 3.8) is 0 Å². The molecule has 1 aromatic rings. The van der Waals surface area contributed by atoms with Gasteiger partial charge in [0.05, 0.1) is 5.92 Å². The first-order chi connectivity index (χ1) is 10.4. The van der Waals surface area contributed by atoms with Crippen molar-refractivity contribution in [3.05, 3.63) is 29.8 Å². The van der Waals surface area contributed by atoms with Gasteiger partial charge in [-0.15, -0.1) is 0 Å². The Kier molecular flexibility index (Phi) is 4.80. The van der Waals surface area contributed by atoms with Gasteiger partial charge >= 0.3 is 5.97 Å². The van der Waals surface area contributed by atoms with Crippen LogP contribution in [-0.2, 0) is 14.4 Å². The van der Waals surface area contributed by atoms with Crippen LogP contribution in [0.2, 0.25) is 0 Å². The van der Waals surface area contributed by atoms with E-state index in [0.29, 0.717) is 17.7 Å². The molecule has 0 radical (unpaired) electrons. The highest BCUT2D eigenvalue weighted by Crippen LogP contribution is 2.32. The number of rotatable bonds is 5. The van der Waals surface area contributed by atoms with Crippen LogP contribution in [0.1, 0.15) is 38.2 Å². The first kappa shape index (κ1) is 16.0. The average Bonchev–Trinajstić information content (AvgIpc) is 2.44.